The Morgan fingerprint density at radius 2 is 1.78 bits per heavy atom. The molecule has 4 rings (SSSR count). The molecule has 138 valence electrons. The van der Waals surface area contributed by atoms with Gasteiger partial charge in [-0.05, 0) is 11.6 Å². The number of sulfonamides is 1. The number of ether oxygens (including phenoxy) is 1. The average molecular weight is 401 g/mol. The van der Waals surface area contributed by atoms with Crippen molar-refractivity contribution in [3.8, 4) is 0 Å². The van der Waals surface area contributed by atoms with Crippen LogP contribution in [-0.2, 0) is 26.2 Å². The third-order valence-corrected chi connectivity index (χ3v) is 7.48. The van der Waals surface area contributed by atoms with Crippen LogP contribution in [0.1, 0.15) is 10.4 Å². The average Bonchev–Trinajstić information content (AvgIpc) is 3.07. The normalized spacial score (nSPS) is 15.7. The fourth-order valence-corrected chi connectivity index (χ4v) is 5.97. The number of thiophene rings is 1. The van der Waals surface area contributed by atoms with Crippen LogP contribution in [0.3, 0.4) is 0 Å². The van der Waals surface area contributed by atoms with E-state index in [0.717, 1.165) is 21.2 Å². The zero-order valence-corrected chi connectivity index (χ0v) is 15.9. The quantitative estimate of drug-likeness (QED) is 0.679. The number of carbonyl (C=O) groups excluding carboxylic acids is 1. The van der Waals surface area contributed by atoms with Gasteiger partial charge in [-0.25, -0.2) is 13.2 Å². The summed E-state index contributed by atoms with van der Waals surface area (Å²) in [6, 6.07) is 16.0. The second-order valence-electron chi connectivity index (χ2n) is 5.99. The highest BCUT2D eigenvalue weighted by molar-refractivity contribution is 7.89. The highest BCUT2D eigenvalue weighted by Gasteiger charge is 2.41. The molecule has 0 radical (unpaired) electrons. The first-order valence-corrected chi connectivity index (χ1v) is 10.3. The third kappa shape index (κ3) is 2.77. The van der Waals surface area contributed by atoms with E-state index in [1.807, 2.05) is 6.07 Å². The maximum absolute atomic E-state index is 13.0. The number of fused-ring (bicyclic) bond motifs is 3. The van der Waals surface area contributed by atoms with Crippen molar-refractivity contribution < 1.29 is 23.1 Å². The van der Waals surface area contributed by atoms with E-state index >= 15 is 0 Å². The number of nitrogens with zero attached hydrogens (tertiary/aromatic N) is 1. The summed E-state index contributed by atoms with van der Waals surface area (Å²) in [7, 11) is -2.75. The number of esters is 1. The first-order valence-electron chi connectivity index (χ1n) is 8.06. The van der Waals surface area contributed by atoms with E-state index in [0.29, 0.717) is 10.1 Å². The minimum atomic E-state index is -3.99. The number of aliphatic hydroxyl groups excluding tert-OH is 1. The van der Waals surface area contributed by atoms with E-state index in [9.17, 15) is 18.3 Å². The summed E-state index contributed by atoms with van der Waals surface area (Å²) in [6.45, 7) is -0.0242. The van der Waals surface area contributed by atoms with E-state index in [1.165, 1.54) is 7.05 Å². The summed E-state index contributed by atoms with van der Waals surface area (Å²) < 4.78 is 32.7. The maximum Gasteiger partial charge on any atom is 0.359 e. The second-order valence-corrected chi connectivity index (χ2v) is 8.95. The molecule has 6 nitrogen and oxygen atoms in total. The Hall–Kier alpha value is -2.84. The molecule has 0 saturated heterocycles. The molecule has 2 aromatic carbocycles. The Balaban J connectivity index is 1.78. The standard InChI is InChI=1S/C19H15NO5S2/c1-20-15(19(22)25-11-12-7-3-2-4-8-12)16(21)17-18(27(20,23)24)13-9-5-6-10-14(13)26-17/h2-10,21H,11H2,1H3. The van der Waals surface area contributed by atoms with E-state index in [-0.39, 0.29) is 27.8 Å². The van der Waals surface area contributed by atoms with Gasteiger partial charge in [0.25, 0.3) is 10.0 Å². The fourth-order valence-electron chi connectivity index (χ4n) is 2.96. The molecule has 1 aliphatic heterocycles. The fraction of sp³-hybridized carbons (Fsp3) is 0.105. The first kappa shape index (κ1) is 17.6. The van der Waals surface area contributed by atoms with Crippen LogP contribution in [0.2, 0.25) is 0 Å². The number of carbonyl (C=O) groups is 1. The smallest absolute Gasteiger partial charge is 0.359 e. The van der Waals surface area contributed by atoms with E-state index in [2.05, 4.69) is 0 Å². The second kappa shape index (κ2) is 6.40. The first-order chi connectivity index (χ1) is 12.9. The molecular formula is C19H15NO5S2. The number of benzene rings is 2. The lowest BCUT2D eigenvalue weighted by atomic mass is 10.2. The van der Waals surface area contributed by atoms with Crippen molar-refractivity contribution in [2.24, 2.45) is 0 Å². The lowest BCUT2D eigenvalue weighted by molar-refractivity contribution is -0.141. The minimum absolute atomic E-state index is 0.0164. The van der Waals surface area contributed by atoms with Crippen LogP contribution in [0.4, 0.5) is 0 Å². The molecule has 0 unspecified atom stereocenters. The van der Waals surface area contributed by atoms with Crippen LogP contribution in [0, 0.1) is 0 Å². The number of rotatable bonds is 3. The summed E-state index contributed by atoms with van der Waals surface area (Å²) in [5, 5.41) is 11.2. The Bertz CT molecular complexity index is 1180. The van der Waals surface area contributed by atoms with Crippen LogP contribution in [0.25, 0.3) is 15.8 Å². The van der Waals surface area contributed by atoms with Crippen molar-refractivity contribution in [2.75, 3.05) is 7.05 Å². The Labute approximate surface area is 160 Å². The molecule has 0 aliphatic carbocycles. The molecule has 3 aromatic rings. The van der Waals surface area contributed by atoms with Crippen LogP contribution < -0.4 is 0 Å². The summed E-state index contributed by atoms with van der Waals surface area (Å²) in [5.74, 6) is -1.29. The zero-order chi connectivity index (χ0) is 19.2. The van der Waals surface area contributed by atoms with Crippen molar-refractivity contribution in [1.29, 1.82) is 0 Å². The topological polar surface area (TPSA) is 83.9 Å². The van der Waals surface area contributed by atoms with Gasteiger partial charge < -0.3 is 9.84 Å². The third-order valence-electron chi connectivity index (χ3n) is 4.33. The molecule has 8 heteroatoms. The number of likely N-dealkylation sites (N-methyl/N-ethyl adjacent to an activating group) is 1. The van der Waals surface area contributed by atoms with Gasteiger partial charge in [-0.1, -0.05) is 48.5 Å². The van der Waals surface area contributed by atoms with E-state index in [1.54, 1.807) is 48.5 Å². The molecule has 1 N–H and O–H groups in total. The summed E-state index contributed by atoms with van der Waals surface area (Å²) in [5.41, 5.74) is 0.375. The molecule has 0 amide bonds. The van der Waals surface area contributed by atoms with Crippen LogP contribution in [0.5, 0.6) is 0 Å². The maximum atomic E-state index is 13.0. The van der Waals surface area contributed by atoms with Crippen LogP contribution >= 0.6 is 11.3 Å². The highest BCUT2D eigenvalue weighted by atomic mass is 32.2. The molecular weight excluding hydrogens is 386 g/mol. The number of aliphatic hydroxyl groups is 1. The predicted molar refractivity (Wildman–Crippen MR) is 103 cm³/mol. The lowest BCUT2D eigenvalue weighted by Crippen LogP contribution is -2.35. The van der Waals surface area contributed by atoms with Gasteiger partial charge in [-0.2, -0.15) is 0 Å². The lowest BCUT2D eigenvalue weighted by Gasteiger charge is -2.26. The molecule has 0 saturated carbocycles. The summed E-state index contributed by atoms with van der Waals surface area (Å²) in [4.78, 5) is 12.7. The zero-order valence-electron chi connectivity index (χ0n) is 14.2. The molecule has 27 heavy (non-hydrogen) atoms. The van der Waals surface area contributed by atoms with Crippen LogP contribution in [-0.4, -0.2) is 30.8 Å². The number of hydrogen-bond donors (Lipinski definition) is 1. The van der Waals surface area contributed by atoms with Crippen molar-refractivity contribution in [3.05, 3.63) is 70.7 Å². The molecule has 0 bridgehead atoms. The molecule has 2 heterocycles. The molecule has 1 aliphatic rings. The van der Waals surface area contributed by atoms with Crippen molar-refractivity contribution in [1.82, 2.24) is 4.31 Å². The van der Waals surface area contributed by atoms with Crippen LogP contribution in [0.15, 0.2) is 65.2 Å². The Kier molecular flexibility index (Phi) is 4.16. The Morgan fingerprint density at radius 3 is 2.52 bits per heavy atom. The number of hydrogen-bond acceptors (Lipinski definition) is 6. The van der Waals surface area contributed by atoms with Gasteiger partial charge in [0, 0.05) is 17.1 Å². The van der Waals surface area contributed by atoms with Gasteiger partial charge in [0.05, 0.1) is 4.88 Å². The molecule has 1 aromatic heterocycles. The van der Waals surface area contributed by atoms with Crippen molar-refractivity contribution >= 4 is 43.2 Å². The van der Waals surface area contributed by atoms with Gasteiger partial charge in [0.1, 0.15) is 11.5 Å². The van der Waals surface area contributed by atoms with E-state index in [4.69, 9.17) is 4.74 Å². The van der Waals surface area contributed by atoms with E-state index < -0.39 is 16.0 Å². The van der Waals surface area contributed by atoms with Gasteiger partial charge in [-0.15, -0.1) is 11.3 Å². The summed E-state index contributed by atoms with van der Waals surface area (Å²) in [6.07, 6.45) is 0. The van der Waals surface area contributed by atoms with Gasteiger partial charge in [0.15, 0.2) is 11.5 Å². The summed E-state index contributed by atoms with van der Waals surface area (Å²) >= 11 is 1.13. The highest BCUT2D eigenvalue weighted by Crippen LogP contribution is 2.44. The van der Waals surface area contributed by atoms with Gasteiger partial charge >= 0.3 is 5.97 Å². The van der Waals surface area contributed by atoms with Gasteiger partial charge in [-0.3, -0.25) is 4.31 Å². The monoisotopic (exact) mass is 401 g/mol. The van der Waals surface area contributed by atoms with Crippen molar-refractivity contribution in [3.63, 3.8) is 0 Å². The van der Waals surface area contributed by atoms with Crippen molar-refractivity contribution in [2.45, 2.75) is 11.5 Å². The minimum Gasteiger partial charge on any atom is -0.504 e. The van der Waals surface area contributed by atoms with Gasteiger partial charge in [0.2, 0.25) is 0 Å². The SMILES string of the molecule is CN1C(C(=O)OCc2ccccc2)=C(O)c2sc3ccccc3c2S1(=O)=O. The largest absolute Gasteiger partial charge is 0.504 e. The molecule has 0 spiro atoms. The Morgan fingerprint density at radius 1 is 1.11 bits per heavy atom. The molecule has 0 atom stereocenters. The molecule has 0 fully saturated rings. The predicted octanol–water partition coefficient (Wildman–Crippen LogP) is 3.51.